The van der Waals surface area contributed by atoms with Gasteiger partial charge in [-0.25, -0.2) is 0 Å². The van der Waals surface area contributed by atoms with E-state index in [4.69, 9.17) is 5.73 Å². The van der Waals surface area contributed by atoms with Gasteiger partial charge in [-0.05, 0) is 18.6 Å². The van der Waals surface area contributed by atoms with E-state index in [1.54, 1.807) is 0 Å². The van der Waals surface area contributed by atoms with Gasteiger partial charge in [-0.2, -0.15) is 0 Å². The van der Waals surface area contributed by atoms with Crippen LogP contribution in [0.25, 0.3) is 0 Å². The van der Waals surface area contributed by atoms with Crippen LogP contribution in [0.3, 0.4) is 0 Å². The zero-order valence-electron chi connectivity index (χ0n) is 12.8. The van der Waals surface area contributed by atoms with Gasteiger partial charge in [0, 0.05) is 12.2 Å². The molecule has 1 rings (SSSR count). The van der Waals surface area contributed by atoms with E-state index in [1.807, 2.05) is 30.3 Å². The highest BCUT2D eigenvalue weighted by Gasteiger charge is 1.94. The number of hydrogen-bond donors (Lipinski definition) is 2. The third-order valence-corrected chi connectivity index (χ3v) is 3.34. The number of para-hydroxylation sites is 1. The van der Waals surface area contributed by atoms with Crippen molar-refractivity contribution in [1.29, 1.82) is 0 Å². The molecular formula is C17H29N3. The summed E-state index contributed by atoms with van der Waals surface area (Å²) in [5.74, 6) is 0.513. The van der Waals surface area contributed by atoms with Gasteiger partial charge in [-0.3, -0.25) is 4.99 Å². The topological polar surface area (TPSA) is 50.4 Å². The molecule has 20 heavy (non-hydrogen) atoms. The van der Waals surface area contributed by atoms with Crippen molar-refractivity contribution >= 4 is 11.6 Å². The van der Waals surface area contributed by atoms with Crippen LogP contribution in [-0.2, 0) is 0 Å². The summed E-state index contributed by atoms with van der Waals surface area (Å²) in [6.45, 7) is 3.08. The number of hydrogen-bond acceptors (Lipinski definition) is 1. The Hall–Kier alpha value is -1.51. The van der Waals surface area contributed by atoms with Gasteiger partial charge in [0.15, 0.2) is 5.96 Å². The minimum absolute atomic E-state index is 0.513. The quantitative estimate of drug-likeness (QED) is 0.374. The van der Waals surface area contributed by atoms with Crippen LogP contribution in [0.2, 0.25) is 0 Å². The molecule has 0 fully saturated rings. The first-order valence-electron chi connectivity index (χ1n) is 7.95. The van der Waals surface area contributed by atoms with Crippen LogP contribution in [0.15, 0.2) is 35.3 Å². The zero-order chi connectivity index (χ0) is 14.5. The molecule has 3 N–H and O–H groups in total. The van der Waals surface area contributed by atoms with Gasteiger partial charge in [0.2, 0.25) is 0 Å². The molecule has 0 heterocycles. The van der Waals surface area contributed by atoms with E-state index in [1.165, 1.54) is 44.9 Å². The summed E-state index contributed by atoms with van der Waals surface area (Å²) >= 11 is 0. The number of anilines is 1. The number of unbranched alkanes of at least 4 members (excludes halogenated alkanes) is 7. The van der Waals surface area contributed by atoms with Crippen LogP contribution in [0, 0.1) is 0 Å². The number of nitrogens with two attached hydrogens (primary N) is 1. The predicted octanol–water partition coefficient (Wildman–Crippen LogP) is 4.55. The highest BCUT2D eigenvalue weighted by atomic mass is 15.1. The lowest BCUT2D eigenvalue weighted by atomic mass is 10.1. The molecule has 0 aromatic heterocycles. The molecule has 0 aliphatic rings. The third-order valence-electron chi connectivity index (χ3n) is 3.34. The van der Waals surface area contributed by atoms with E-state index < -0.39 is 0 Å². The Labute approximate surface area is 123 Å². The summed E-state index contributed by atoms with van der Waals surface area (Å²) in [5, 5.41) is 3.09. The van der Waals surface area contributed by atoms with Crippen LogP contribution < -0.4 is 11.1 Å². The van der Waals surface area contributed by atoms with E-state index in [0.29, 0.717) is 5.96 Å². The van der Waals surface area contributed by atoms with Crippen LogP contribution in [0.4, 0.5) is 5.69 Å². The molecule has 0 saturated carbocycles. The molecule has 1 aromatic carbocycles. The third kappa shape index (κ3) is 8.57. The smallest absolute Gasteiger partial charge is 0.193 e. The lowest BCUT2D eigenvalue weighted by Crippen LogP contribution is -2.22. The molecule has 1 aromatic rings. The molecule has 0 atom stereocenters. The summed E-state index contributed by atoms with van der Waals surface area (Å²) < 4.78 is 0. The highest BCUT2D eigenvalue weighted by molar-refractivity contribution is 5.92. The maximum absolute atomic E-state index is 5.84. The molecule has 0 unspecified atom stereocenters. The molecule has 112 valence electrons. The average Bonchev–Trinajstić information content (AvgIpc) is 2.46. The van der Waals surface area contributed by atoms with E-state index >= 15 is 0 Å². The van der Waals surface area contributed by atoms with E-state index in [0.717, 1.165) is 18.7 Å². The summed E-state index contributed by atoms with van der Waals surface area (Å²) in [6, 6.07) is 9.92. The Morgan fingerprint density at radius 2 is 1.55 bits per heavy atom. The Balaban J connectivity index is 2.00. The molecule has 0 saturated heterocycles. The van der Waals surface area contributed by atoms with Gasteiger partial charge in [0.1, 0.15) is 0 Å². The second kappa shape index (κ2) is 11.3. The first kappa shape index (κ1) is 16.5. The van der Waals surface area contributed by atoms with E-state index in [-0.39, 0.29) is 0 Å². The van der Waals surface area contributed by atoms with Gasteiger partial charge in [-0.1, -0.05) is 70.1 Å². The zero-order valence-corrected chi connectivity index (χ0v) is 12.8. The van der Waals surface area contributed by atoms with Crippen molar-refractivity contribution in [3.8, 4) is 0 Å². The van der Waals surface area contributed by atoms with Crippen molar-refractivity contribution in [2.24, 2.45) is 10.7 Å². The van der Waals surface area contributed by atoms with Crippen molar-refractivity contribution < 1.29 is 0 Å². The first-order chi connectivity index (χ1) is 9.83. The molecule has 0 spiro atoms. The van der Waals surface area contributed by atoms with Crippen LogP contribution in [0.5, 0.6) is 0 Å². The largest absolute Gasteiger partial charge is 0.370 e. The maximum Gasteiger partial charge on any atom is 0.193 e. The monoisotopic (exact) mass is 275 g/mol. The Kier molecular flexibility index (Phi) is 9.37. The highest BCUT2D eigenvalue weighted by Crippen LogP contribution is 2.08. The number of nitrogens with zero attached hydrogens (tertiary/aromatic N) is 1. The summed E-state index contributed by atoms with van der Waals surface area (Å²) in [6.07, 6.45) is 10.6. The maximum atomic E-state index is 5.84. The fourth-order valence-corrected chi connectivity index (χ4v) is 2.15. The summed E-state index contributed by atoms with van der Waals surface area (Å²) in [4.78, 5) is 4.35. The number of aliphatic imine (C=N–C) groups is 1. The van der Waals surface area contributed by atoms with Crippen LogP contribution >= 0.6 is 0 Å². The SMILES string of the molecule is CCCCCCCCCCN=C(N)Nc1ccccc1. The molecule has 0 amide bonds. The second-order valence-electron chi connectivity index (χ2n) is 5.23. The van der Waals surface area contributed by atoms with Crippen molar-refractivity contribution in [1.82, 2.24) is 0 Å². The number of guanidine groups is 1. The van der Waals surface area contributed by atoms with Crippen LogP contribution in [0.1, 0.15) is 58.3 Å². The summed E-state index contributed by atoms with van der Waals surface area (Å²) in [7, 11) is 0. The van der Waals surface area contributed by atoms with Gasteiger partial charge < -0.3 is 11.1 Å². The van der Waals surface area contributed by atoms with Crippen molar-refractivity contribution in [3.63, 3.8) is 0 Å². The molecule has 3 heteroatoms. The Morgan fingerprint density at radius 3 is 2.20 bits per heavy atom. The van der Waals surface area contributed by atoms with Gasteiger partial charge in [0.05, 0.1) is 0 Å². The van der Waals surface area contributed by atoms with Gasteiger partial charge in [0.25, 0.3) is 0 Å². The predicted molar refractivity (Wildman–Crippen MR) is 89.2 cm³/mol. The molecule has 0 aliphatic heterocycles. The molecule has 0 aliphatic carbocycles. The van der Waals surface area contributed by atoms with E-state index in [9.17, 15) is 0 Å². The van der Waals surface area contributed by atoms with Crippen molar-refractivity contribution in [2.75, 3.05) is 11.9 Å². The molecular weight excluding hydrogens is 246 g/mol. The standard InChI is InChI=1S/C17H29N3/c1-2-3-4-5-6-7-8-12-15-19-17(18)20-16-13-10-9-11-14-16/h9-11,13-14H,2-8,12,15H2,1H3,(H3,18,19,20). The number of benzene rings is 1. The Morgan fingerprint density at radius 1 is 0.950 bits per heavy atom. The van der Waals surface area contributed by atoms with Gasteiger partial charge >= 0.3 is 0 Å². The lowest BCUT2D eigenvalue weighted by molar-refractivity contribution is 0.578. The minimum atomic E-state index is 0.513. The molecule has 0 radical (unpaired) electrons. The fraction of sp³-hybridized carbons (Fsp3) is 0.588. The first-order valence-corrected chi connectivity index (χ1v) is 7.95. The summed E-state index contributed by atoms with van der Waals surface area (Å²) in [5.41, 5.74) is 6.83. The average molecular weight is 275 g/mol. The molecule has 3 nitrogen and oxygen atoms in total. The number of nitrogens with one attached hydrogen (secondary N) is 1. The van der Waals surface area contributed by atoms with Crippen LogP contribution in [-0.4, -0.2) is 12.5 Å². The van der Waals surface area contributed by atoms with Gasteiger partial charge in [-0.15, -0.1) is 0 Å². The number of rotatable bonds is 10. The Bertz CT molecular complexity index is 360. The molecule has 0 bridgehead atoms. The van der Waals surface area contributed by atoms with E-state index in [2.05, 4.69) is 17.2 Å². The normalized spacial score (nSPS) is 11.6. The lowest BCUT2D eigenvalue weighted by Gasteiger charge is -2.05. The second-order valence-corrected chi connectivity index (χ2v) is 5.23. The fourth-order valence-electron chi connectivity index (χ4n) is 2.15. The van der Waals surface area contributed by atoms with Crippen molar-refractivity contribution in [3.05, 3.63) is 30.3 Å². The van der Waals surface area contributed by atoms with Crippen molar-refractivity contribution in [2.45, 2.75) is 58.3 Å². The minimum Gasteiger partial charge on any atom is -0.370 e.